The van der Waals surface area contributed by atoms with Gasteiger partial charge in [0.15, 0.2) is 39.7 Å². The first-order valence-corrected chi connectivity index (χ1v) is 12.9. The predicted octanol–water partition coefficient (Wildman–Crippen LogP) is 1.57. The Kier molecular flexibility index (Phi) is 7.39. The first kappa shape index (κ1) is 28.6. The maximum Gasteiger partial charge on any atom is 0.293 e. The number of rotatable bonds is 8. The number of aromatic amines is 2. The molecule has 17 heteroatoms. The van der Waals surface area contributed by atoms with Crippen LogP contribution in [0.25, 0.3) is 11.4 Å². The molecule has 0 spiro atoms. The standard InChI is InChI=1S/C24H23N5O11S/c1-9-14(30)10(2)24(28-20(9)33)41(36,37)29-19-17(40-12-8-6-5-7-11(12)38-3)23(39-4)26-18(25-19)13-15(31)21(34)27-22(35)16(13)32/h5-8,31-32H,1-4H3,(H,25,26,29)(H2,27,34,35)(H2,28,30,33). The van der Waals surface area contributed by atoms with E-state index in [4.69, 9.17) is 14.2 Å². The number of sulfonamides is 1. The molecule has 1 aromatic carbocycles. The fourth-order valence-corrected chi connectivity index (χ4v) is 4.89. The highest BCUT2D eigenvalue weighted by atomic mass is 32.2. The van der Waals surface area contributed by atoms with E-state index in [1.165, 1.54) is 27.0 Å². The lowest BCUT2D eigenvalue weighted by molar-refractivity contribution is 0.347. The molecule has 0 amide bonds. The third kappa shape index (κ3) is 5.12. The number of methoxy groups -OCH3 is 2. The fourth-order valence-electron chi connectivity index (χ4n) is 3.67. The van der Waals surface area contributed by atoms with E-state index in [2.05, 4.69) is 19.7 Å². The summed E-state index contributed by atoms with van der Waals surface area (Å²) >= 11 is 0. The molecule has 0 fully saturated rings. The molecular formula is C24H23N5O11S. The van der Waals surface area contributed by atoms with E-state index in [0.29, 0.717) is 0 Å². The number of H-pyrrole nitrogens is 2. The smallest absolute Gasteiger partial charge is 0.293 e. The van der Waals surface area contributed by atoms with Crippen molar-refractivity contribution in [1.29, 1.82) is 0 Å². The van der Waals surface area contributed by atoms with E-state index >= 15 is 0 Å². The van der Waals surface area contributed by atoms with Gasteiger partial charge in [0, 0.05) is 5.56 Å². The minimum absolute atomic E-state index is 0.0576. The van der Waals surface area contributed by atoms with Gasteiger partial charge in [0.1, 0.15) is 11.3 Å². The van der Waals surface area contributed by atoms with Gasteiger partial charge < -0.3 is 39.6 Å². The van der Waals surface area contributed by atoms with E-state index in [1.807, 2.05) is 0 Å². The maximum atomic E-state index is 13.5. The van der Waals surface area contributed by atoms with Gasteiger partial charge in [-0.3, -0.25) is 19.3 Å². The topological polar surface area (TPSA) is 246 Å². The van der Waals surface area contributed by atoms with Gasteiger partial charge >= 0.3 is 0 Å². The van der Waals surface area contributed by atoms with Crippen LogP contribution in [-0.2, 0) is 10.0 Å². The summed E-state index contributed by atoms with van der Waals surface area (Å²) in [6, 6.07) is 6.23. The van der Waals surface area contributed by atoms with Crippen molar-refractivity contribution in [3.8, 4) is 57.6 Å². The summed E-state index contributed by atoms with van der Waals surface area (Å²) < 4.78 is 45.5. The highest BCUT2D eigenvalue weighted by molar-refractivity contribution is 7.92. The summed E-state index contributed by atoms with van der Waals surface area (Å²) in [6.07, 6.45) is 0. The van der Waals surface area contributed by atoms with E-state index in [9.17, 15) is 38.4 Å². The monoisotopic (exact) mass is 589 g/mol. The molecule has 0 unspecified atom stereocenters. The molecule has 0 aliphatic carbocycles. The second-order valence-corrected chi connectivity index (χ2v) is 9.97. The molecule has 0 saturated heterocycles. The highest BCUT2D eigenvalue weighted by Crippen LogP contribution is 2.44. The van der Waals surface area contributed by atoms with Crippen LogP contribution in [0, 0.1) is 13.8 Å². The van der Waals surface area contributed by atoms with Crippen molar-refractivity contribution in [2.45, 2.75) is 18.9 Å². The minimum atomic E-state index is -4.76. The normalized spacial score (nSPS) is 11.2. The van der Waals surface area contributed by atoms with Crippen molar-refractivity contribution in [1.82, 2.24) is 19.9 Å². The van der Waals surface area contributed by atoms with E-state index in [0.717, 1.165) is 7.11 Å². The number of aromatic nitrogens is 4. The number of hydrogen-bond acceptors (Lipinski definition) is 13. The van der Waals surface area contributed by atoms with Gasteiger partial charge in [-0.15, -0.1) is 0 Å². The van der Waals surface area contributed by atoms with Gasteiger partial charge in [-0.2, -0.15) is 13.4 Å². The molecule has 3 heterocycles. The van der Waals surface area contributed by atoms with Gasteiger partial charge in [0.2, 0.25) is 11.6 Å². The summed E-state index contributed by atoms with van der Waals surface area (Å²) in [5.74, 6) is -5.74. The Labute approximate surface area is 230 Å². The Morgan fingerprint density at radius 1 is 0.829 bits per heavy atom. The Hall–Kier alpha value is -5.45. The summed E-state index contributed by atoms with van der Waals surface area (Å²) in [5.41, 5.74) is -3.19. The molecule has 0 bridgehead atoms. The minimum Gasteiger partial charge on any atom is -0.507 e. The van der Waals surface area contributed by atoms with Crippen molar-refractivity contribution in [3.05, 3.63) is 56.1 Å². The summed E-state index contributed by atoms with van der Waals surface area (Å²) in [6.45, 7) is 2.54. The second-order valence-electron chi connectivity index (χ2n) is 8.35. The highest BCUT2D eigenvalue weighted by Gasteiger charge is 2.30. The lowest BCUT2D eigenvalue weighted by Crippen LogP contribution is -2.23. The molecule has 4 aromatic rings. The van der Waals surface area contributed by atoms with Crippen molar-refractivity contribution < 1.29 is 43.1 Å². The Balaban J connectivity index is 2.01. The van der Waals surface area contributed by atoms with Crippen LogP contribution in [0.4, 0.5) is 5.82 Å². The predicted molar refractivity (Wildman–Crippen MR) is 142 cm³/mol. The molecule has 0 atom stereocenters. The number of aromatic hydroxyl groups is 4. The van der Waals surface area contributed by atoms with Gasteiger partial charge in [-0.05, 0) is 26.0 Å². The Bertz CT molecular complexity index is 1900. The fraction of sp³-hybridized carbons (Fsp3) is 0.167. The van der Waals surface area contributed by atoms with Crippen LogP contribution in [0.1, 0.15) is 11.1 Å². The van der Waals surface area contributed by atoms with Gasteiger partial charge in [0.25, 0.3) is 27.0 Å². The third-order valence-electron chi connectivity index (χ3n) is 5.80. The average Bonchev–Trinajstić information content (AvgIpc) is 2.93. The SMILES string of the molecule is COc1ccccc1Oc1c(NS(=O)(=O)c2[nH]c(=O)c(C)c(O)c2C)nc(-c2c(O)c(O)[nH]c(=O)c2O)nc1OC. The summed E-state index contributed by atoms with van der Waals surface area (Å²) in [5, 5.41) is 40.2. The number of para-hydroxylation sites is 2. The summed E-state index contributed by atoms with van der Waals surface area (Å²) in [4.78, 5) is 36.4. The second kappa shape index (κ2) is 10.6. The first-order valence-electron chi connectivity index (χ1n) is 11.4. The van der Waals surface area contributed by atoms with Crippen LogP contribution < -0.4 is 30.1 Å². The zero-order valence-corrected chi connectivity index (χ0v) is 22.6. The number of nitrogens with one attached hydrogen (secondary N) is 3. The van der Waals surface area contributed by atoms with E-state index < -0.39 is 78.1 Å². The van der Waals surface area contributed by atoms with Crippen LogP contribution >= 0.6 is 0 Å². The van der Waals surface area contributed by atoms with Crippen molar-refractivity contribution in [2.24, 2.45) is 0 Å². The van der Waals surface area contributed by atoms with Crippen LogP contribution in [0.5, 0.6) is 46.3 Å². The molecule has 16 nitrogen and oxygen atoms in total. The third-order valence-corrected chi connectivity index (χ3v) is 7.20. The van der Waals surface area contributed by atoms with E-state index in [-0.39, 0.29) is 22.6 Å². The lowest BCUT2D eigenvalue weighted by atomic mass is 10.2. The number of pyridine rings is 2. The Morgan fingerprint density at radius 2 is 1.49 bits per heavy atom. The Morgan fingerprint density at radius 3 is 2.12 bits per heavy atom. The molecular weight excluding hydrogens is 566 g/mol. The molecule has 0 saturated carbocycles. The molecule has 0 aliphatic heterocycles. The quantitative estimate of drug-likeness (QED) is 0.154. The van der Waals surface area contributed by atoms with Crippen LogP contribution in [0.2, 0.25) is 0 Å². The molecule has 41 heavy (non-hydrogen) atoms. The van der Waals surface area contributed by atoms with Crippen molar-refractivity contribution in [3.63, 3.8) is 0 Å². The van der Waals surface area contributed by atoms with Crippen molar-refractivity contribution >= 4 is 15.8 Å². The number of ether oxygens (including phenoxy) is 3. The average molecular weight is 590 g/mol. The molecule has 7 N–H and O–H groups in total. The molecule has 216 valence electrons. The molecule has 0 aliphatic rings. The number of nitrogens with zero attached hydrogens (tertiary/aromatic N) is 2. The van der Waals surface area contributed by atoms with Crippen molar-refractivity contribution in [2.75, 3.05) is 18.9 Å². The molecule has 4 rings (SSSR count). The number of benzene rings is 1. The lowest BCUT2D eigenvalue weighted by Gasteiger charge is -2.18. The molecule has 0 radical (unpaired) electrons. The van der Waals surface area contributed by atoms with Crippen LogP contribution in [0.3, 0.4) is 0 Å². The number of hydrogen-bond donors (Lipinski definition) is 7. The summed E-state index contributed by atoms with van der Waals surface area (Å²) in [7, 11) is -2.27. The van der Waals surface area contributed by atoms with Gasteiger partial charge in [-0.1, -0.05) is 12.1 Å². The zero-order chi connectivity index (χ0) is 30.2. The van der Waals surface area contributed by atoms with E-state index in [1.54, 1.807) is 23.2 Å². The van der Waals surface area contributed by atoms with Gasteiger partial charge in [0.05, 0.1) is 19.8 Å². The zero-order valence-electron chi connectivity index (χ0n) is 21.8. The number of anilines is 1. The first-order chi connectivity index (χ1) is 19.3. The van der Waals surface area contributed by atoms with Gasteiger partial charge in [-0.25, -0.2) is 4.98 Å². The largest absolute Gasteiger partial charge is 0.507 e. The molecule has 3 aromatic heterocycles. The van der Waals surface area contributed by atoms with Crippen LogP contribution in [-0.4, -0.2) is 63.0 Å². The maximum absolute atomic E-state index is 13.5. The van der Waals surface area contributed by atoms with Crippen LogP contribution in [0.15, 0.2) is 38.9 Å².